The minimum absolute atomic E-state index is 0.128. The molecule has 1 aromatic rings. The van der Waals surface area contributed by atoms with E-state index in [0.29, 0.717) is 17.9 Å². The van der Waals surface area contributed by atoms with Gasteiger partial charge in [0.25, 0.3) is 5.91 Å². The molecule has 1 amide bonds. The predicted molar refractivity (Wildman–Crippen MR) is 63.6 cm³/mol. The summed E-state index contributed by atoms with van der Waals surface area (Å²) in [5.74, 6) is -1.28. The molecule has 0 saturated carbocycles. The molecule has 2 rings (SSSR count). The van der Waals surface area contributed by atoms with E-state index in [2.05, 4.69) is 0 Å². The molecule has 1 aliphatic rings. The first kappa shape index (κ1) is 12.9. The van der Waals surface area contributed by atoms with Crippen LogP contribution in [0.5, 0.6) is 0 Å². The van der Waals surface area contributed by atoms with Gasteiger partial charge in [-0.05, 0) is 24.3 Å². The van der Waals surface area contributed by atoms with E-state index in [4.69, 9.17) is 0 Å². The summed E-state index contributed by atoms with van der Waals surface area (Å²) in [4.78, 5) is 24.3. The number of hydrogen-bond acceptors (Lipinski definition) is 4. The number of carbonyl (C=O) groups excluding carboxylic acids is 2. The van der Waals surface area contributed by atoms with Gasteiger partial charge in [-0.15, -0.1) is 11.8 Å². The zero-order chi connectivity index (χ0) is 13.1. The molecule has 0 bridgehead atoms. The van der Waals surface area contributed by atoms with E-state index in [9.17, 15) is 19.1 Å². The molecule has 1 aromatic carbocycles. The van der Waals surface area contributed by atoms with Gasteiger partial charge >= 0.3 is 0 Å². The molecule has 1 heterocycles. The van der Waals surface area contributed by atoms with Crippen molar-refractivity contribution in [2.45, 2.75) is 5.25 Å². The fraction of sp³-hybridized carbons (Fsp3) is 0.333. The highest BCUT2D eigenvalue weighted by molar-refractivity contribution is 8.00. The summed E-state index contributed by atoms with van der Waals surface area (Å²) < 4.78 is 12.7. The highest BCUT2D eigenvalue weighted by atomic mass is 32.2. The van der Waals surface area contributed by atoms with E-state index in [1.54, 1.807) is 0 Å². The van der Waals surface area contributed by atoms with E-state index in [1.807, 2.05) is 0 Å². The average Bonchev–Trinajstić information content (AvgIpc) is 2.39. The maximum atomic E-state index is 12.7. The van der Waals surface area contributed by atoms with Crippen LogP contribution in [-0.2, 0) is 4.79 Å². The summed E-state index contributed by atoms with van der Waals surface area (Å²) in [6.07, 6.45) is 0. The van der Waals surface area contributed by atoms with E-state index < -0.39 is 17.0 Å². The molecule has 6 heteroatoms. The van der Waals surface area contributed by atoms with Gasteiger partial charge in [0.05, 0.1) is 11.2 Å². The topological polar surface area (TPSA) is 60.4 Å². The van der Waals surface area contributed by atoms with Crippen molar-refractivity contribution in [3.63, 3.8) is 0 Å². The van der Waals surface area contributed by atoms with Crippen LogP contribution in [0.3, 0.4) is 0 Å². The molecule has 0 aliphatic carbocycles. The van der Waals surface area contributed by atoms with E-state index >= 15 is 0 Å². The Kier molecular flexibility index (Phi) is 3.86. The van der Waals surface area contributed by atoms with Gasteiger partial charge in [-0.3, -0.25) is 4.79 Å². The average molecular weight is 268 g/mol. The highest BCUT2D eigenvalue weighted by Crippen LogP contribution is 2.20. The number of carbonyl (C=O) groups is 2. The number of hydrogen-bond donors (Lipinski definition) is 0. The zero-order valence-corrected chi connectivity index (χ0v) is 10.3. The van der Waals surface area contributed by atoms with Crippen molar-refractivity contribution in [2.75, 3.05) is 18.8 Å². The Morgan fingerprint density at radius 2 is 2.00 bits per heavy atom. The largest absolute Gasteiger partial charge is 0.549 e. The van der Waals surface area contributed by atoms with E-state index in [-0.39, 0.29) is 12.5 Å². The first-order valence-corrected chi connectivity index (χ1v) is 6.50. The second-order valence-electron chi connectivity index (χ2n) is 3.94. The van der Waals surface area contributed by atoms with Crippen molar-refractivity contribution >= 4 is 23.6 Å². The lowest BCUT2D eigenvalue weighted by Gasteiger charge is -2.32. The zero-order valence-electron chi connectivity index (χ0n) is 9.47. The van der Waals surface area contributed by atoms with Gasteiger partial charge in [-0.2, -0.15) is 0 Å². The lowest BCUT2D eigenvalue weighted by Crippen LogP contribution is -2.48. The van der Waals surface area contributed by atoms with Crippen LogP contribution in [0.2, 0.25) is 0 Å². The smallest absolute Gasteiger partial charge is 0.253 e. The number of thioether (sulfide) groups is 1. The molecular formula is C12H11FNO3S-. The summed E-state index contributed by atoms with van der Waals surface area (Å²) in [6.45, 7) is 0.619. The normalized spacial score (nSPS) is 19.6. The fourth-order valence-corrected chi connectivity index (χ4v) is 2.78. The molecule has 0 radical (unpaired) electrons. The summed E-state index contributed by atoms with van der Waals surface area (Å²) in [7, 11) is 0. The number of carboxylic acid groups (broad SMARTS) is 1. The molecule has 96 valence electrons. The summed E-state index contributed by atoms with van der Waals surface area (Å²) in [5.41, 5.74) is 0.361. The standard InChI is InChI=1S/C12H12FNO3S/c13-9-3-1-8(2-4-9)11(15)14-5-6-18-10(7-14)12(16)17/h1-4,10H,5-7H2,(H,16,17)/p-1/t10-/m0/s1. The lowest BCUT2D eigenvalue weighted by molar-refractivity contribution is -0.304. The SMILES string of the molecule is O=C([O-])[C@@H]1CN(C(=O)c2ccc(F)cc2)CCS1. The fourth-order valence-electron chi connectivity index (χ4n) is 1.75. The number of carboxylic acids is 1. The van der Waals surface area contributed by atoms with Gasteiger partial charge in [-0.25, -0.2) is 4.39 Å². The molecule has 4 nitrogen and oxygen atoms in total. The maximum Gasteiger partial charge on any atom is 0.253 e. The number of amides is 1. The minimum Gasteiger partial charge on any atom is -0.549 e. The van der Waals surface area contributed by atoms with E-state index in [0.717, 1.165) is 0 Å². The molecule has 0 spiro atoms. The van der Waals surface area contributed by atoms with Gasteiger partial charge in [0.15, 0.2) is 0 Å². The van der Waals surface area contributed by atoms with Gasteiger partial charge in [0, 0.05) is 24.4 Å². The van der Waals surface area contributed by atoms with Crippen LogP contribution in [0, 0.1) is 5.82 Å². The Hall–Kier alpha value is -1.56. The molecular weight excluding hydrogens is 257 g/mol. The number of aliphatic carboxylic acids is 1. The van der Waals surface area contributed by atoms with Crippen molar-refractivity contribution < 1.29 is 19.1 Å². The van der Waals surface area contributed by atoms with Crippen molar-refractivity contribution in [1.29, 1.82) is 0 Å². The minimum atomic E-state index is -1.16. The molecule has 0 aromatic heterocycles. The maximum absolute atomic E-state index is 12.7. The first-order valence-electron chi connectivity index (χ1n) is 5.45. The number of rotatable bonds is 2. The molecule has 18 heavy (non-hydrogen) atoms. The van der Waals surface area contributed by atoms with Gasteiger partial charge in [0.1, 0.15) is 5.82 Å². The highest BCUT2D eigenvalue weighted by Gasteiger charge is 2.25. The molecule has 1 fully saturated rings. The number of halogens is 1. The Balaban J connectivity index is 2.09. The van der Waals surface area contributed by atoms with Crippen LogP contribution < -0.4 is 5.11 Å². The van der Waals surface area contributed by atoms with Gasteiger partial charge in [-0.1, -0.05) is 0 Å². The van der Waals surface area contributed by atoms with Crippen LogP contribution in [-0.4, -0.2) is 40.9 Å². The van der Waals surface area contributed by atoms with Crippen LogP contribution in [0.1, 0.15) is 10.4 Å². The Bertz CT molecular complexity index is 463. The van der Waals surface area contributed by atoms with Crippen molar-refractivity contribution in [1.82, 2.24) is 4.90 Å². The third-order valence-corrected chi connectivity index (χ3v) is 3.87. The van der Waals surface area contributed by atoms with Crippen molar-refractivity contribution in [3.05, 3.63) is 35.6 Å². The third-order valence-electron chi connectivity index (χ3n) is 2.71. The molecule has 1 saturated heterocycles. The first-order chi connectivity index (χ1) is 8.58. The van der Waals surface area contributed by atoms with Gasteiger partial charge < -0.3 is 14.8 Å². The number of benzene rings is 1. The number of nitrogens with zero attached hydrogens (tertiary/aromatic N) is 1. The molecule has 1 atom stereocenters. The Morgan fingerprint density at radius 1 is 1.33 bits per heavy atom. The summed E-state index contributed by atoms with van der Waals surface area (Å²) >= 11 is 1.27. The predicted octanol–water partition coefficient (Wildman–Crippen LogP) is 0.133. The second-order valence-corrected chi connectivity index (χ2v) is 5.25. The van der Waals surface area contributed by atoms with Crippen LogP contribution in [0.15, 0.2) is 24.3 Å². The quantitative estimate of drug-likeness (QED) is 0.765. The monoisotopic (exact) mass is 268 g/mol. The van der Waals surface area contributed by atoms with Crippen LogP contribution in [0.4, 0.5) is 4.39 Å². The summed E-state index contributed by atoms with van der Waals surface area (Å²) in [6, 6.07) is 5.21. The molecule has 0 N–H and O–H groups in total. The van der Waals surface area contributed by atoms with Crippen LogP contribution >= 0.6 is 11.8 Å². The molecule has 1 aliphatic heterocycles. The Morgan fingerprint density at radius 3 is 2.61 bits per heavy atom. The Labute approximate surface area is 108 Å². The summed E-state index contributed by atoms with van der Waals surface area (Å²) in [5, 5.41) is 10.1. The van der Waals surface area contributed by atoms with E-state index in [1.165, 1.54) is 40.9 Å². The molecule has 0 unspecified atom stereocenters. The van der Waals surface area contributed by atoms with Crippen molar-refractivity contribution in [2.24, 2.45) is 0 Å². The second kappa shape index (κ2) is 5.39. The lowest BCUT2D eigenvalue weighted by atomic mass is 10.2. The van der Waals surface area contributed by atoms with Crippen LogP contribution in [0.25, 0.3) is 0 Å². The third kappa shape index (κ3) is 2.81. The van der Waals surface area contributed by atoms with Crippen molar-refractivity contribution in [3.8, 4) is 0 Å². The van der Waals surface area contributed by atoms with Gasteiger partial charge in [0.2, 0.25) is 0 Å².